The van der Waals surface area contributed by atoms with Gasteiger partial charge in [-0.05, 0) is 30.9 Å². The fraction of sp³-hybridized carbons (Fsp3) is 0.385. The first-order valence-corrected chi connectivity index (χ1v) is 6.37. The van der Waals surface area contributed by atoms with Gasteiger partial charge in [-0.1, -0.05) is 22.8 Å². The predicted molar refractivity (Wildman–Crippen MR) is 70.4 cm³/mol. The molecule has 1 fully saturated rings. The van der Waals surface area contributed by atoms with Crippen LogP contribution in [0.5, 0.6) is 0 Å². The number of hydrogen-bond donors (Lipinski definition) is 1. The summed E-state index contributed by atoms with van der Waals surface area (Å²) >= 11 is 5.93. The first-order valence-electron chi connectivity index (χ1n) is 6.00. The zero-order chi connectivity index (χ0) is 13.8. The van der Waals surface area contributed by atoms with E-state index in [2.05, 4.69) is 10.5 Å². The SMILES string of the molecule is CC(=O)N/C(=N\OCC1CC1)c1c(F)cccc1Cl. The molecular weight excluding hydrogens is 271 g/mol. The van der Waals surface area contributed by atoms with Crippen molar-refractivity contribution in [2.75, 3.05) is 6.61 Å². The van der Waals surface area contributed by atoms with Crippen molar-refractivity contribution in [2.24, 2.45) is 11.1 Å². The number of rotatable bonds is 4. The Morgan fingerprint density at radius 1 is 1.58 bits per heavy atom. The van der Waals surface area contributed by atoms with Crippen LogP contribution in [0, 0.1) is 11.7 Å². The first kappa shape index (κ1) is 13.8. The van der Waals surface area contributed by atoms with E-state index >= 15 is 0 Å². The van der Waals surface area contributed by atoms with Gasteiger partial charge in [0.15, 0.2) is 5.84 Å². The standard InChI is InChI=1S/C13H14ClFN2O2/c1-8(18)16-13(17-19-7-9-5-6-9)12-10(14)3-2-4-11(12)15/h2-4,9H,5-7H2,1H3,(H,16,17,18). The molecule has 1 aliphatic rings. The Hall–Kier alpha value is -1.62. The van der Waals surface area contributed by atoms with Gasteiger partial charge < -0.3 is 10.2 Å². The number of carbonyl (C=O) groups is 1. The Balaban J connectivity index is 2.21. The normalized spacial score (nSPS) is 15.2. The van der Waals surface area contributed by atoms with Crippen molar-refractivity contribution in [2.45, 2.75) is 19.8 Å². The third-order valence-electron chi connectivity index (χ3n) is 2.66. The van der Waals surface area contributed by atoms with Crippen LogP contribution in [0.3, 0.4) is 0 Å². The largest absolute Gasteiger partial charge is 0.394 e. The van der Waals surface area contributed by atoms with Crippen molar-refractivity contribution >= 4 is 23.3 Å². The Bertz CT molecular complexity index is 495. The molecule has 0 bridgehead atoms. The highest BCUT2D eigenvalue weighted by Gasteiger charge is 2.22. The molecule has 1 saturated carbocycles. The lowest BCUT2D eigenvalue weighted by Crippen LogP contribution is -2.30. The highest BCUT2D eigenvalue weighted by Crippen LogP contribution is 2.29. The van der Waals surface area contributed by atoms with Crippen molar-refractivity contribution < 1.29 is 14.0 Å². The van der Waals surface area contributed by atoms with Gasteiger partial charge in [-0.15, -0.1) is 0 Å². The van der Waals surface area contributed by atoms with Crippen LogP contribution in [0.15, 0.2) is 23.4 Å². The van der Waals surface area contributed by atoms with Crippen LogP contribution in [-0.4, -0.2) is 18.3 Å². The van der Waals surface area contributed by atoms with E-state index in [0.29, 0.717) is 12.5 Å². The Kier molecular flexibility index (Phi) is 4.37. The van der Waals surface area contributed by atoms with Gasteiger partial charge in [-0.2, -0.15) is 0 Å². The maximum absolute atomic E-state index is 13.8. The fourth-order valence-electron chi connectivity index (χ4n) is 1.51. The molecule has 4 nitrogen and oxygen atoms in total. The molecule has 0 saturated heterocycles. The van der Waals surface area contributed by atoms with Gasteiger partial charge in [0.1, 0.15) is 12.4 Å². The predicted octanol–water partition coefficient (Wildman–Crippen LogP) is 2.70. The maximum atomic E-state index is 13.8. The lowest BCUT2D eigenvalue weighted by atomic mass is 10.2. The molecule has 0 unspecified atom stereocenters. The van der Waals surface area contributed by atoms with E-state index in [9.17, 15) is 9.18 Å². The molecule has 0 heterocycles. The van der Waals surface area contributed by atoms with Crippen LogP contribution in [0.1, 0.15) is 25.3 Å². The fourth-order valence-corrected chi connectivity index (χ4v) is 1.77. The van der Waals surface area contributed by atoms with Crippen LogP contribution < -0.4 is 5.32 Å². The minimum absolute atomic E-state index is 0.00347. The van der Waals surface area contributed by atoms with E-state index in [1.165, 1.54) is 25.1 Å². The second-order valence-electron chi connectivity index (χ2n) is 4.46. The second kappa shape index (κ2) is 6.02. The van der Waals surface area contributed by atoms with Gasteiger partial charge in [0.05, 0.1) is 10.6 Å². The minimum atomic E-state index is -0.560. The average molecular weight is 285 g/mol. The summed E-state index contributed by atoms with van der Waals surface area (Å²) in [5, 5.41) is 6.40. The van der Waals surface area contributed by atoms with Gasteiger partial charge in [-0.25, -0.2) is 4.39 Å². The molecule has 1 amide bonds. The summed E-state index contributed by atoms with van der Waals surface area (Å²) in [6, 6.07) is 4.26. The number of oxime groups is 1. The Morgan fingerprint density at radius 2 is 2.32 bits per heavy atom. The van der Waals surface area contributed by atoms with E-state index in [1.807, 2.05) is 0 Å². The molecule has 6 heteroatoms. The lowest BCUT2D eigenvalue weighted by Gasteiger charge is -2.09. The van der Waals surface area contributed by atoms with Crippen molar-refractivity contribution in [1.29, 1.82) is 0 Å². The number of hydrogen-bond acceptors (Lipinski definition) is 3. The molecule has 102 valence electrons. The third kappa shape index (κ3) is 3.92. The number of halogens is 2. The van der Waals surface area contributed by atoms with E-state index in [1.54, 1.807) is 0 Å². The zero-order valence-electron chi connectivity index (χ0n) is 10.5. The summed E-state index contributed by atoms with van der Waals surface area (Å²) in [5.74, 6) is -0.419. The smallest absolute Gasteiger partial charge is 0.222 e. The highest BCUT2D eigenvalue weighted by molar-refractivity contribution is 6.34. The van der Waals surface area contributed by atoms with Crippen molar-refractivity contribution in [3.05, 3.63) is 34.6 Å². The van der Waals surface area contributed by atoms with Crippen molar-refractivity contribution in [3.63, 3.8) is 0 Å². The van der Waals surface area contributed by atoms with Crippen LogP contribution >= 0.6 is 11.6 Å². The maximum Gasteiger partial charge on any atom is 0.222 e. The quantitative estimate of drug-likeness (QED) is 0.525. The number of benzene rings is 1. The van der Waals surface area contributed by atoms with Crippen LogP contribution in [0.2, 0.25) is 5.02 Å². The van der Waals surface area contributed by atoms with E-state index in [-0.39, 0.29) is 22.3 Å². The minimum Gasteiger partial charge on any atom is -0.394 e. The van der Waals surface area contributed by atoms with E-state index < -0.39 is 5.82 Å². The van der Waals surface area contributed by atoms with E-state index in [0.717, 1.165) is 12.8 Å². The molecule has 0 spiro atoms. The molecule has 1 N–H and O–H groups in total. The van der Waals surface area contributed by atoms with Gasteiger partial charge in [0.25, 0.3) is 0 Å². The number of carbonyl (C=O) groups excluding carboxylic acids is 1. The molecule has 1 aromatic carbocycles. The average Bonchev–Trinajstić information content (AvgIpc) is 3.11. The van der Waals surface area contributed by atoms with Crippen LogP contribution in [0.4, 0.5) is 4.39 Å². The monoisotopic (exact) mass is 284 g/mol. The number of nitrogens with one attached hydrogen (secondary N) is 1. The second-order valence-corrected chi connectivity index (χ2v) is 4.86. The summed E-state index contributed by atoms with van der Waals surface area (Å²) in [7, 11) is 0. The Morgan fingerprint density at radius 3 is 2.89 bits per heavy atom. The molecule has 19 heavy (non-hydrogen) atoms. The lowest BCUT2D eigenvalue weighted by molar-refractivity contribution is -0.117. The summed E-state index contributed by atoms with van der Waals surface area (Å²) in [4.78, 5) is 16.3. The molecule has 1 aromatic rings. The van der Waals surface area contributed by atoms with Gasteiger partial charge >= 0.3 is 0 Å². The van der Waals surface area contributed by atoms with Crippen LogP contribution in [0.25, 0.3) is 0 Å². The summed E-state index contributed by atoms with van der Waals surface area (Å²) in [6.45, 7) is 1.78. The molecule has 0 atom stereocenters. The van der Waals surface area contributed by atoms with Gasteiger partial charge in [0.2, 0.25) is 5.91 Å². The summed E-state index contributed by atoms with van der Waals surface area (Å²) in [5.41, 5.74) is 0.0372. The number of amidine groups is 1. The molecule has 0 aromatic heterocycles. The van der Waals surface area contributed by atoms with Gasteiger partial charge in [-0.3, -0.25) is 4.79 Å². The summed E-state index contributed by atoms with van der Waals surface area (Å²) < 4.78 is 13.8. The molecular formula is C13H14ClFN2O2. The van der Waals surface area contributed by atoms with E-state index in [4.69, 9.17) is 16.4 Å². The zero-order valence-corrected chi connectivity index (χ0v) is 11.2. The molecule has 0 radical (unpaired) electrons. The third-order valence-corrected chi connectivity index (χ3v) is 2.97. The molecule has 2 rings (SSSR count). The van der Waals surface area contributed by atoms with Gasteiger partial charge in [0, 0.05) is 6.92 Å². The van der Waals surface area contributed by atoms with Crippen molar-refractivity contribution in [1.82, 2.24) is 5.32 Å². The summed E-state index contributed by atoms with van der Waals surface area (Å²) in [6.07, 6.45) is 2.23. The molecule has 0 aliphatic heterocycles. The number of nitrogens with zero attached hydrogens (tertiary/aromatic N) is 1. The topological polar surface area (TPSA) is 50.7 Å². The Labute approximate surface area is 115 Å². The molecule has 1 aliphatic carbocycles. The first-order chi connectivity index (χ1) is 9.08. The van der Waals surface area contributed by atoms with Crippen LogP contribution in [-0.2, 0) is 9.63 Å². The number of amides is 1. The van der Waals surface area contributed by atoms with Crippen molar-refractivity contribution in [3.8, 4) is 0 Å². The highest BCUT2D eigenvalue weighted by atomic mass is 35.5.